The number of carbonyl (C=O) groups excluding carboxylic acids is 1. The van der Waals surface area contributed by atoms with Crippen LogP contribution in [0.25, 0.3) is 11.4 Å². The molecule has 0 radical (unpaired) electrons. The Morgan fingerprint density at radius 1 is 1.33 bits per heavy atom. The van der Waals surface area contributed by atoms with Crippen molar-refractivity contribution < 1.29 is 18.3 Å². The lowest BCUT2D eigenvalue weighted by Crippen LogP contribution is -2.23. The monoisotopic (exact) mass is 294 g/mol. The molecule has 1 heterocycles. The lowest BCUT2D eigenvalue weighted by atomic mass is 10.1. The second-order valence-electron chi connectivity index (χ2n) is 4.19. The molecule has 0 aliphatic heterocycles. The second-order valence-corrected chi connectivity index (χ2v) is 4.19. The standard InChI is InChI=1S/C14H12F2N2O3/c1-3-21-14(20)10-7(2)17-12(18-13(10)19)11-8(15)5-4-6-9(11)16/h4-6H,3H2,1-2H3,(H,17,18,19). The molecule has 0 saturated carbocycles. The van der Waals surface area contributed by atoms with Gasteiger partial charge in [0.2, 0.25) is 0 Å². The summed E-state index contributed by atoms with van der Waals surface area (Å²) in [4.78, 5) is 29.7. The Kier molecular flexibility index (Phi) is 4.11. The van der Waals surface area contributed by atoms with Crippen LogP contribution < -0.4 is 5.56 Å². The molecular weight excluding hydrogens is 282 g/mol. The molecular formula is C14H12F2N2O3. The molecule has 1 aromatic carbocycles. The summed E-state index contributed by atoms with van der Waals surface area (Å²) in [5, 5.41) is 0. The van der Waals surface area contributed by atoms with Crippen molar-refractivity contribution in [1.82, 2.24) is 9.97 Å². The summed E-state index contributed by atoms with van der Waals surface area (Å²) in [5.41, 5.74) is -1.50. The number of hydrogen-bond donors (Lipinski definition) is 1. The van der Waals surface area contributed by atoms with Crippen LogP contribution in [0.2, 0.25) is 0 Å². The van der Waals surface area contributed by atoms with E-state index in [0.717, 1.165) is 12.1 Å². The van der Waals surface area contributed by atoms with Crippen molar-refractivity contribution in [3.63, 3.8) is 0 Å². The minimum Gasteiger partial charge on any atom is -0.462 e. The predicted octanol–water partition coefficient (Wildman–Crippen LogP) is 2.20. The van der Waals surface area contributed by atoms with E-state index in [-0.39, 0.29) is 23.7 Å². The van der Waals surface area contributed by atoms with Crippen molar-refractivity contribution in [1.29, 1.82) is 0 Å². The summed E-state index contributed by atoms with van der Waals surface area (Å²) in [5.74, 6) is -2.83. The Morgan fingerprint density at radius 2 is 1.95 bits per heavy atom. The third-order valence-corrected chi connectivity index (χ3v) is 2.78. The van der Waals surface area contributed by atoms with E-state index in [4.69, 9.17) is 4.74 Å². The summed E-state index contributed by atoms with van der Waals surface area (Å²) in [7, 11) is 0. The molecule has 0 unspecified atom stereocenters. The predicted molar refractivity (Wildman–Crippen MR) is 70.9 cm³/mol. The molecule has 1 N–H and O–H groups in total. The number of aryl methyl sites for hydroxylation is 1. The topological polar surface area (TPSA) is 72.0 Å². The van der Waals surface area contributed by atoms with E-state index in [0.29, 0.717) is 0 Å². The number of benzene rings is 1. The minimum absolute atomic E-state index is 0.0369. The fraction of sp³-hybridized carbons (Fsp3) is 0.214. The molecule has 7 heteroatoms. The maximum atomic E-state index is 13.7. The number of aromatic nitrogens is 2. The quantitative estimate of drug-likeness (QED) is 0.881. The number of nitrogens with one attached hydrogen (secondary N) is 1. The normalized spacial score (nSPS) is 10.5. The number of carbonyl (C=O) groups is 1. The molecule has 21 heavy (non-hydrogen) atoms. The smallest absolute Gasteiger partial charge is 0.345 e. The van der Waals surface area contributed by atoms with Gasteiger partial charge in [-0.25, -0.2) is 18.6 Å². The van der Waals surface area contributed by atoms with Crippen molar-refractivity contribution in [2.45, 2.75) is 13.8 Å². The van der Waals surface area contributed by atoms with Crippen LogP contribution in [0.5, 0.6) is 0 Å². The van der Waals surface area contributed by atoms with Crippen LogP contribution in [0.15, 0.2) is 23.0 Å². The van der Waals surface area contributed by atoms with Crippen molar-refractivity contribution >= 4 is 5.97 Å². The molecule has 0 saturated heterocycles. The van der Waals surface area contributed by atoms with E-state index in [9.17, 15) is 18.4 Å². The van der Waals surface area contributed by atoms with Gasteiger partial charge in [0.25, 0.3) is 5.56 Å². The zero-order chi connectivity index (χ0) is 15.6. The highest BCUT2D eigenvalue weighted by Gasteiger charge is 2.20. The molecule has 5 nitrogen and oxygen atoms in total. The number of nitrogens with zero attached hydrogens (tertiary/aromatic N) is 1. The van der Waals surface area contributed by atoms with Crippen molar-refractivity contribution in [3.05, 3.63) is 51.4 Å². The molecule has 0 atom stereocenters. The summed E-state index contributed by atoms with van der Waals surface area (Å²) < 4.78 is 32.1. The Balaban J connectivity index is 2.60. The SMILES string of the molecule is CCOC(=O)c1c(C)nc(-c2c(F)cccc2F)[nH]c1=O. The van der Waals surface area contributed by atoms with Gasteiger partial charge in [-0.15, -0.1) is 0 Å². The van der Waals surface area contributed by atoms with Crippen LogP contribution >= 0.6 is 0 Å². The Bertz CT molecular complexity index is 736. The lowest BCUT2D eigenvalue weighted by Gasteiger charge is -2.08. The van der Waals surface area contributed by atoms with Crippen LogP contribution in [0.4, 0.5) is 8.78 Å². The molecule has 110 valence electrons. The average Bonchev–Trinajstić information content (AvgIpc) is 2.38. The lowest BCUT2D eigenvalue weighted by molar-refractivity contribution is 0.0523. The van der Waals surface area contributed by atoms with Crippen LogP contribution in [-0.4, -0.2) is 22.5 Å². The van der Waals surface area contributed by atoms with Gasteiger partial charge in [0.15, 0.2) is 0 Å². The van der Waals surface area contributed by atoms with Gasteiger partial charge in [0.05, 0.1) is 17.9 Å². The molecule has 2 rings (SSSR count). The van der Waals surface area contributed by atoms with Gasteiger partial charge >= 0.3 is 5.97 Å². The van der Waals surface area contributed by atoms with Crippen molar-refractivity contribution in [3.8, 4) is 11.4 Å². The first-order valence-corrected chi connectivity index (χ1v) is 6.18. The number of hydrogen-bond acceptors (Lipinski definition) is 4. The molecule has 0 aliphatic rings. The van der Waals surface area contributed by atoms with Crippen LogP contribution in [0.1, 0.15) is 23.0 Å². The van der Waals surface area contributed by atoms with E-state index < -0.39 is 28.7 Å². The highest BCUT2D eigenvalue weighted by atomic mass is 19.1. The van der Waals surface area contributed by atoms with E-state index in [1.165, 1.54) is 13.0 Å². The zero-order valence-electron chi connectivity index (χ0n) is 11.4. The van der Waals surface area contributed by atoms with Gasteiger partial charge in [0.1, 0.15) is 23.0 Å². The Labute approximate surface area is 118 Å². The average molecular weight is 294 g/mol. The number of rotatable bonds is 3. The first-order chi connectivity index (χ1) is 9.95. The molecule has 0 spiro atoms. The Hall–Kier alpha value is -2.57. The minimum atomic E-state index is -0.860. The third kappa shape index (κ3) is 2.81. The van der Waals surface area contributed by atoms with Crippen LogP contribution in [0.3, 0.4) is 0 Å². The summed E-state index contributed by atoms with van der Waals surface area (Å²) in [6.45, 7) is 3.09. The summed E-state index contributed by atoms with van der Waals surface area (Å²) in [6, 6.07) is 3.30. The fourth-order valence-electron chi connectivity index (χ4n) is 1.87. The molecule has 2 aromatic rings. The van der Waals surface area contributed by atoms with Gasteiger partial charge < -0.3 is 9.72 Å². The molecule has 0 amide bonds. The second kappa shape index (κ2) is 5.82. The van der Waals surface area contributed by atoms with Gasteiger partial charge in [-0.2, -0.15) is 0 Å². The van der Waals surface area contributed by atoms with Crippen LogP contribution in [0, 0.1) is 18.6 Å². The van der Waals surface area contributed by atoms with Gasteiger partial charge in [-0.3, -0.25) is 4.79 Å². The van der Waals surface area contributed by atoms with Crippen molar-refractivity contribution in [2.75, 3.05) is 6.61 Å². The molecule has 1 aromatic heterocycles. The maximum absolute atomic E-state index is 13.7. The summed E-state index contributed by atoms with van der Waals surface area (Å²) in [6.07, 6.45) is 0. The number of esters is 1. The summed E-state index contributed by atoms with van der Waals surface area (Å²) >= 11 is 0. The Morgan fingerprint density at radius 3 is 2.48 bits per heavy atom. The third-order valence-electron chi connectivity index (χ3n) is 2.78. The van der Waals surface area contributed by atoms with Gasteiger partial charge in [-0.1, -0.05) is 6.07 Å². The van der Waals surface area contributed by atoms with Gasteiger partial charge in [0, 0.05) is 0 Å². The van der Waals surface area contributed by atoms with Gasteiger partial charge in [-0.05, 0) is 26.0 Å². The first kappa shape index (κ1) is 14.8. The molecule has 0 aliphatic carbocycles. The van der Waals surface area contributed by atoms with Crippen molar-refractivity contribution in [2.24, 2.45) is 0 Å². The highest BCUT2D eigenvalue weighted by molar-refractivity contribution is 5.90. The van der Waals surface area contributed by atoms with E-state index in [2.05, 4.69) is 9.97 Å². The number of H-pyrrole nitrogens is 1. The largest absolute Gasteiger partial charge is 0.462 e. The van der Waals surface area contributed by atoms with E-state index >= 15 is 0 Å². The first-order valence-electron chi connectivity index (χ1n) is 6.18. The number of aromatic amines is 1. The highest BCUT2D eigenvalue weighted by Crippen LogP contribution is 2.22. The number of halogens is 2. The maximum Gasteiger partial charge on any atom is 0.345 e. The van der Waals surface area contributed by atoms with E-state index in [1.54, 1.807) is 6.92 Å². The number of ether oxygens (including phenoxy) is 1. The van der Waals surface area contributed by atoms with Crippen LogP contribution in [-0.2, 0) is 4.74 Å². The van der Waals surface area contributed by atoms with E-state index in [1.807, 2.05) is 0 Å². The molecule has 0 fully saturated rings. The fourth-order valence-corrected chi connectivity index (χ4v) is 1.87. The zero-order valence-corrected chi connectivity index (χ0v) is 11.4. The molecule has 0 bridgehead atoms.